The predicted octanol–water partition coefficient (Wildman–Crippen LogP) is 0.0365. The highest BCUT2D eigenvalue weighted by Crippen LogP contribution is 2.24. The molecule has 1 aromatic rings. The zero-order valence-corrected chi connectivity index (χ0v) is 12.6. The van der Waals surface area contributed by atoms with E-state index in [1.165, 1.54) is 31.2 Å². The number of hydrogen-bond donors (Lipinski definition) is 3. The molecule has 2 atom stereocenters. The Bertz CT molecular complexity index is 620. The number of imide groups is 1. The number of aliphatic hydroxyl groups excluding tert-OH is 2. The lowest BCUT2D eigenvalue weighted by Gasteiger charge is -2.19. The number of benzene rings is 1. The second kappa shape index (κ2) is 7.17. The van der Waals surface area contributed by atoms with Crippen LogP contribution < -0.4 is 10.2 Å². The minimum absolute atomic E-state index is 0.204. The third-order valence-electron chi connectivity index (χ3n) is 3.48. The molecule has 1 aliphatic rings. The molecule has 0 bridgehead atoms. The Labute approximate surface area is 133 Å². The van der Waals surface area contributed by atoms with Gasteiger partial charge in [-0.15, -0.1) is 0 Å². The summed E-state index contributed by atoms with van der Waals surface area (Å²) in [5, 5.41) is 22.6. The summed E-state index contributed by atoms with van der Waals surface area (Å²) in [5.41, 5.74) is 0.852. The molecule has 122 valence electrons. The van der Waals surface area contributed by atoms with Gasteiger partial charge < -0.3 is 15.5 Å². The molecule has 1 heterocycles. The summed E-state index contributed by atoms with van der Waals surface area (Å²) in [6.07, 6.45) is 0.425. The third-order valence-corrected chi connectivity index (χ3v) is 3.48. The first-order valence-electron chi connectivity index (χ1n) is 7.17. The van der Waals surface area contributed by atoms with Gasteiger partial charge in [-0.1, -0.05) is 12.1 Å². The molecular weight excluding hydrogens is 300 g/mol. The van der Waals surface area contributed by atoms with E-state index in [1.807, 2.05) is 0 Å². The van der Waals surface area contributed by atoms with Crippen LogP contribution in [0.4, 0.5) is 5.69 Å². The van der Waals surface area contributed by atoms with Gasteiger partial charge in [0.1, 0.15) is 6.10 Å². The summed E-state index contributed by atoms with van der Waals surface area (Å²) in [7, 11) is 0. The fourth-order valence-corrected chi connectivity index (χ4v) is 2.25. The summed E-state index contributed by atoms with van der Waals surface area (Å²) in [4.78, 5) is 34.9. The molecule has 7 nitrogen and oxygen atoms in total. The van der Waals surface area contributed by atoms with Crippen LogP contribution in [0.25, 0.3) is 0 Å². The summed E-state index contributed by atoms with van der Waals surface area (Å²) >= 11 is 0. The number of nitrogens with zero attached hydrogens (tertiary/aromatic N) is 1. The first-order valence-corrected chi connectivity index (χ1v) is 7.17. The molecule has 2 unspecified atom stereocenters. The molecule has 0 spiro atoms. The molecule has 0 fully saturated rings. The van der Waals surface area contributed by atoms with Crippen molar-refractivity contribution >= 4 is 23.4 Å². The van der Waals surface area contributed by atoms with E-state index in [9.17, 15) is 24.6 Å². The van der Waals surface area contributed by atoms with E-state index in [0.29, 0.717) is 11.3 Å². The number of rotatable bonds is 6. The molecule has 1 aliphatic heterocycles. The lowest BCUT2D eigenvalue weighted by atomic mass is 10.0. The first kappa shape index (κ1) is 16.9. The highest BCUT2D eigenvalue weighted by atomic mass is 16.3. The Balaban J connectivity index is 2.00. The van der Waals surface area contributed by atoms with Crippen LogP contribution in [0.15, 0.2) is 36.4 Å². The Kier molecular flexibility index (Phi) is 5.25. The lowest BCUT2D eigenvalue weighted by Crippen LogP contribution is -2.29. The maximum atomic E-state index is 11.6. The number of nitrogens with one attached hydrogen (secondary N) is 1. The average Bonchev–Trinajstić information content (AvgIpc) is 2.85. The number of carbonyl (C=O) groups is 3. The summed E-state index contributed by atoms with van der Waals surface area (Å²) < 4.78 is 0. The molecule has 0 aromatic heterocycles. The second-order valence-electron chi connectivity index (χ2n) is 5.22. The van der Waals surface area contributed by atoms with E-state index >= 15 is 0 Å². The number of carbonyl (C=O) groups excluding carboxylic acids is 3. The van der Waals surface area contributed by atoms with Gasteiger partial charge >= 0.3 is 0 Å². The molecule has 0 aliphatic carbocycles. The number of aliphatic hydroxyl groups is 2. The quantitative estimate of drug-likeness (QED) is 0.642. The second-order valence-corrected chi connectivity index (χ2v) is 5.22. The van der Waals surface area contributed by atoms with Crippen molar-refractivity contribution in [1.29, 1.82) is 0 Å². The van der Waals surface area contributed by atoms with Gasteiger partial charge in [0.15, 0.2) is 0 Å². The standard InChI is InChI=1S/C16H18N2O5/c1-10(19)17-9-8-13(20)16(23)11-2-4-12(5-3-11)18-14(21)6-7-15(18)22/h2-7,13,16,20,23H,8-9H2,1H3,(H,17,19). The minimum atomic E-state index is -1.12. The zero-order chi connectivity index (χ0) is 17.0. The van der Waals surface area contributed by atoms with Gasteiger partial charge in [-0.25, -0.2) is 4.90 Å². The van der Waals surface area contributed by atoms with Crippen LogP contribution in [0.5, 0.6) is 0 Å². The van der Waals surface area contributed by atoms with E-state index in [-0.39, 0.29) is 18.9 Å². The van der Waals surface area contributed by atoms with Crippen molar-refractivity contribution < 1.29 is 24.6 Å². The SMILES string of the molecule is CC(=O)NCCC(O)C(O)c1ccc(N2C(=O)C=CC2=O)cc1. The number of amides is 3. The van der Waals surface area contributed by atoms with Crippen LogP contribution >= 0.6 is 0 Å². The molecule has 0 radical (unpaired) electrons. The van der Waals surface area contributed by atoms with Gasteiger partial charge in [0.05, 0.1) is 11.8 Å². The van der Waals surface area contributed by atoms with Gasteiger partial charge in [-0.3, -0.25) is 14.4 Å². The topological polar surface area (TPSA) is 107 Å². The summed E-state index contributed by atoms with van der Waals surface area (Å²) in [6, 6.07) is 6.14. The lowest BCUT2D eigenvalue weighted by molar-refractivity contribution is -0.120. The normalized spacial score (nSPS) is 16.6. The van der Waals surface area contributed by atoms with Crippen molar-refractivity contribution in [2.75, 3.05) is 11.4 Å². The van der Waals surface area contributed by atoms with Crippen LogP contribution in [-0.2, 0) is 14.4 Å². The highest BCUT2D eigenvalue weighted by molar-refractivity contribution is 6.28. The van der Waals surface area contributed by atoms with E-state index in [1.54, 1.807) is 12.1 Å². The van der Waals surface area contributed by atoms with Crippen LogP contribution in [0.3, 0.4) is 0 Å². The Morgan fingerprint density at radius 2 is 1.70 bits per heavy atom. The van der Waals surface area contributed by atoms with Crippen molar-refractivity contribution in [3.05, 3.63) is 42.0 Å². The molecule has 7 heteroatoms. The van der Waals surface area contributed by atoms with Gasteiger partial charge in [0.25, 0.3) is 11.8 Å². The minimum Gasteiger partial charge on any atom is -0.390 e. The van der Waals surface area contributed by atoms with Crippen molar-refractivity contribution in [3.8, 4) is 0 Å². The largest absolute Gasteiger partial charge is 0.390 e. The molecule has 23 heavy (non-hydrogen) atoms. The predicted molar refractivity (Wildman–Crippen MR) is 82.3 cm³/mol. The van der Waals surface area contributed by atoms with Crippen LogP contribution in [0.2, 0.25) is 0 Å². The van der Waals surface area contributed by atoms with Crippen molar-refractivity contribution in [1.82, 2.24) is 5.32 Å². The highest BCUT2D eigenvalue weighted by Gasteiger charge is 2.25. The van der Waals surface area contributed by atoms with Crippen molar-refractivity contribution in [2.24, 2.45) is 0 Å². The van der Waals surface area contributed by atoms with Crippen LogP contribution in [0.1, 0.15) is 25.0 Å². The number of anilines is 1. The number of hydrogen-bond acceptors (Lipinski definition) is 5. The fourth-order valence-electron chi connectivity index (χ4n) is 2.25. The third kappa shape index (κ3) is 4.02. The van der Waals surface area contributed by atoms with Gasteiger partial charge in [0, 0.05) is 25.6 Å². The van der Waals surface area contributed by atoms with E-state index < -0.39 is 24.0 Å². The van der Waals surface area contributed by atoms with Gasteiger partial charge in [0.2, 0.25) is 5.91 Å². The zero-order valence-electron chi connectivity index (χ0n) is 12.6. The Morgan fingerprint density at radius 3 is 2.22 bits per heavy atom. The molecule has 2 rings (SSSR count). The summed E-state index contributed by atoms with van der Waals surface area (Å²) in [5.74, 6) is -1.04. The van der Waals surface area contributed by atoms with E-state index in [0.717, 1.165) is 4.90 Å². The van der Waals surface area contributed by atoms with Crippen molar-refractivity contribution in [3.63, 3.8) is 0 Å². The maximum Gasteiger partial charge on any atom is 0.258 e. The average molecular weight is 318 g/mol. The molecule has 3 amide bonds. The monoisotopic (exact) mass is 318 g/mol. The Hall–Kier alpha value is -2.51. The molecular formula is C16H18N2O5. The molecule has 0 saturated carbocycles. The van der Waals surface area contributed by atoms with Crippen molar-refractivity contribution in [2.45, 2.75) is 25.6 Å². The smallest absolute Gasteiger partial charge is 0.258 e. The van der Waals surface area contributed by atoms with E-state index in [2.05, 4.69) is 5.32 Å². The maximum absolute atomic E-state index is 11.6. The van der Waals surface area contributed by atoms with Gasteiger partial charge in [-0.05, 0) is 24.1 Å². The first-order chi connectivity index (χ1) is 10.9. The van der Waals surface area contributed by atoms with Crippen LogP contribution in [-0.4, -0.2) is 40.6 Å². The molecule has 3 N–H and O–H groups in total. The molecule has 1 aromatic carbocycles. The fraction of sp³-hybridized carbons (Fsp3) is 0.312. The van der Waals surface area contributed by atoms with E-state index in [4.69, 9.17) is 0 Å². The Morgan fingerprint density at radius 1 is 1.13 bits per heavy atom. The van der Waals surface area contributed by atoms with Gasteiger partial charge in [-0.2, -0.15) is 0 Å². The summed E-state index contributed by atoms with van der Waals surface area (Å²) in [6.45, 7) is 1.63. The molecule has 0 saturated heterocycles. The van der Waals surface area contributed by atoms with Crippen LogP contribution in [0, 0.1) is 0 Å².